The van der Waals surface area contributed by atoms with Gasteiger partial charge in [0.15, 0.2) is 11.5 Å². The van der Waals surface area contributed by atoms with Gasteiger partial charge in [-0.2, -0.15) is 5.26 Å². The van der Waals surface area contributed by atoms with Gasteiger partial charge in [-0.15, -0.1) is 11.8 Å². The van der Waals surface area contributed by atoms with Crippen molar-refractivity contribution in [3.05, 3.63) is 24.1 Å². The summed E-state index contributed by atoms with van der Waals surface area (Å²) in [7, 11) is 0. The molecule has 1 aromatic heterocycles. The van der Waals surface area contributed by atoms with E-state index in [4.69, 9.17) is 9.68 Å². The number of oxazole rings is 1. The Morgan fingerprint density at radius 3 is 3.21 bits per heavy atom. The third-order valence-corrected chi connectivity index (χ3v) is 2.63. The molecule has 14 heavy (non-hydrogen) atoms. The Labute approximate surface area is 85.7 Å². The summed E-state index contributed by atoms with van der Waals surface area (Å²) in [6.45, 7) is 1.82. The number of aryl methyl sites for hydroxylation is 1. The van der Waals surface area contributed by atoms with E-state index in [9.17, 15) is 0 Å². The van der Waals surface area contributed by atoms with Crippen LogP contribution in [0.2, 0.25) is 0 Å². The lowest BCUT2D eigenvalue weighted by Gasteiger charge is -1.94. The van der Waals surface area contributed by atoms with E-state index in [1.165, 1.54) is 11.8 Å². The fourth-order valence-corrected chi connectivity index (χ4v) is 1.81. The monoisotopic (exact) mass is 204 g/mol. The largest absolute Gasteiger partial charge is 0.441 e. The maximum Gasteiger partial charge on any atom is 0.192 e. The third-order valence-electron chi connectivity index (χ3n) is 1.77. The highest BCUT2D eigenvalue weighted by Crippen LogP contribution is 2.23. The van der Waals surface area contributed by atoms with Crippen LogP contribution in [-0.2, 0) is 0 Å². The maximum atomic E-state index is 8.44. The second-order valence-electron chi connectivity index (χ2n) is 2.81. The maximum absolute atomic E-state index is 8.44. The number of thioether (sulfide) groups is 1. The Kier molecular flexibility index (Phi) is 2.42. The molecule has 0 atom stereocenters. The summed E-state index contributed by atoms with van der Waals surface area (Å²) in [5.41, 5.74) is 1.65. The quantitative estimate of drug-likeness (QED) is 0.706. The van der Waals surface area contributed by atoms with Gasteiger partial charge in [-0.25, -0.2) is 4.98 Å². The van der Waals surface area contributed by atoms with E-state index in [-0.39, 0.29) is 0 Å². The molecule has 0 unspecified atom stereocenters. The fourth-order valence-electron chi connectivity index (χ4n) is 1.23. The first-order chi connectivity index (χ1) is 6.79. The molecule has 2 rings (SSSR count). The summed E-state index contributed by atoms with van der Waals surface area (Å²) in [6.07, 6.45) is 0. The first-order valence-electron chi connectivity index (χ1n) is 4.16. The van der Waals surface area contributed by atoms with Crippen LogP contribution in [0.5, 0.6) is 0 Å². The topological polar surface area (TPSA) is 49.8 Å². The van der Waals surface area contributed by atoms with Gasteiger partial charge in [-0.1, -0.05) is 0 Å². The molecule has 0 bridgehead atoms. The van der Waals surface area contributed by atoms with Crippen LogP contribution in [0.15, 0.2) is 27.5 Å². The lowest BCUT2D eigenvalue weighted by molar-refractivity contribution is 0.560. The molecule has 0 spiro atoms. The first-order valence-corrected chi connectivity index (χ1v) is 5.15. The van der Waals surface area contributed by atoms with E-state index in [1.54, 1.807) is 0 Å². The van der Waals surface area contributed by atoms with Crippen LogP contribution in [0.25, 0.3) is 11.1 Å². The van der Waals surface area contributed by atoms with Crippen LogP contribution in [0.4, 0.5) is 0 Å². The lowest BCUT2D eigenvalue weighted by atomic mass is 10.3. The number of hydrogen-bond acceptors (Lipinski definition) is 4. The van der Waals surface area contributed by atoms with Crippen LogP contribution < -0.4 is 0 Å². The van der Waals surface area contributed by atoms with Gasteiger partial charge in [0.05, 0.1) is 11.8 Å². The van der Waals surface area contributed by atoms with Gasteiger partial charge in [0.2, 0.25) is 0 Å². The summed E-state index contributed by atoms with van der Waals surface area (Å²) in [5.74, 6) is 1.13. The molecule has 70 valence electrons. The molecule has 0 radical (unpaired) electrons. The van der Waals surface area contributed by atoms with Crippen LogP contribution in [0.3, 0.4) is 0 Å². The van der Waals surface area contributed by atoms with E-state index < -0.39 is 0 Å². The molecule has 0 saturated heterocycles. The van der Waals surface area contributed by atoms with E-state index >= 15 is 0 Å². The SMILES string of the molecule is Cc1nc2ccc(SCC#N)cc2o1. The van der Waals surface area contributed by atoms with Crippen molar-refractivity contribution in [2.75, 3.05) is 5.75 Å². The second kappa shape index (κ2) is 3.72. The average molecular weight is 204 g/mol. The average Bonchev–Trinajstić information content (AvgIpc) is 2.54. The van der Waals surface area contributed by atoms with Crippen molar-refractivity contribution < 1.29 is 4.42 Å². The van der Waals surface area contributed by atoms with E-state index in [2.05, 4.69) is 11.1 Å². The normalized spacial score (nSPS) is 10.3. The zero-order chi connectivity index (χ0) is 9.97. The summed E-state index contributed by atoms with van der Waals surface area (Å²) in [4.78, 5) is 5.23. The molecule has 2 aromatic rings. The summed E-state index contributed by atoms with van der Waals surface area (Å²) >= 11 is 1.50. The number of rotatable bonds is 2. The fraction of sp³-hybridized carbons (Fsp3) is 0.200. The number of hydrogen-bond donors (Lipinski definition) is 0. The Bertz CT molecular complexity index is 498. The van der Waals surface area contributed by atoms with Crippen molar-refractivity contribution in [1.29, 1.82) is 5.26 Å². The van der Waals surface area contributed by atoms with Gasteiger partial charge in [0.25, 0.3) is 0 Å². The number of fused-ring (bicyclic) bond motifs is 1. The highest BCUT2D eigenvalue weighted by atomic mass is 32.2. The van der Waals surface area contributed by atoms with Crippen molar-refractivity contribution in [1.82, 2.24) is 4.98 Å². The molecule has 0 aliphatic carbocycles. The number of nitriles is 1. The van der Waals surface area contributed by atoms with E-state index in [0.717, 1.165) is 16.0 Å². The molecule has 0 amide bonds. The first kappa shape index (κ1) is 9.10. The minimum atomic E-state index is 0.457. The van der Waals surface area contributed by atoms with E-state index in [0.29, 0.717) is 11.6 Å². The predicted molar refractivity (Wildman–Crippen MR) is 55.1 cm³/mol. The molecule has 1 aromatic carbocycles. The molecule has 4 heteroatoms. The number of nitrogens with zero attached hydrogens (tertiary/aromatic N) is 2. The minimum Gasteiger partial charge on any atom is -0.441 e. The van der Waals surface area contributed by atoms with Crippen LogP contribution >= 0.6 is 11.8 Å². The smallest absolute Gasteiger partial charge is 0.192 e. The Morgan fingerprint density at radius 1 is 1.57 bits per heavy atom. The number of aromatic nitrogens is 1. The highest BCUT2D eigenvalue weighted by molar-refractivity contribution is 7.99. The molecular formula is C10H8N2OS. The standard InChI is InChI=1S/C10H8N2OS/c1-7-12-9-3-2-8(14-5-4-11)6-10(9)13-7/h2-3,6H,5H2,1H3. The highest BCUT2D eigenvalue weighted by Gasteiger charge is 2.02. The Morgan fingerprint density at radius 2 is 2.43 bits per heavy atom. The van der Waals surface area contributed by atoms with Crippen molar-refractivity contribution in [2.45, 2.75) is 11.8 Å². The summed E-state index contributed by atoms with van der Waals surface area (Å²) < 4.78 is 5.38. The molecule has 0 fully saturated rings. The molecular weight excluding hydrogens is 196 g/mol. The van der Waals surface area contributed by atoms with Gasteiger partial charge in [-0.3, -0.25) is 0 Å². The van der Waals surface area contributed by atoms with Gasteiger partial charge in [0.1, 0.15) is 5.52 Å². The van der Waals surface area contributed by atoms with Gasteiger partial charge in [-0.05, 0) is 18.2 Å². The molecule has 0 aliphatic rings. The Hall–Kier alpha value is -1.47. The number of benzene rings is 1. The van der Waals surface area contributed by atoms with Crippen molar-refractivity contribution in [2.24, 2.45) is 0 Å². The van der Waals surface area contributed by atoms with Crippen molar-refractivity contribution in [3.63, 3.8) is 0 Å². The van der Waals surface area contributed by atoms with Gasteiger partial charge >= 0.3 is 0 Å². The van der Waals surface area contributed by atoms with Crippen LogP contribution in [0.1, 0.15) is 5.89 Å². The van der Waals surface area contributed by atoms with Gasteiger partial charge in [0, 0.05) is 11.8 Å². The zero-order valence-electron chi connectivity index (χ0n) is 7.65. The summed E-state index contributed by atoms with van der Waals surface area (Å²) in [5, 5.41) is 8.44. The minimum absolute atomic E-state index is 0.457. The second-order valence-corrected chi connectivity index (χ2v) is 3.86. The summed E-state index contributed by atoms with van der Waals surface area (Å²) in [6, 6.07) is 7.86. The molecule has 0 saturated carbocycles. The molecule has 3 nitrogen and oxygen atoms in total. The van der Waals surface area contributed by atoms with Crippen molar-refractivity contribution >= 4 is 22.9 Å². The van der Waals surface area contributed by atoms with Gasteiger partial charge < -0.3 is 4.42 Å². The third kappa shape index (κ3) is 1.73. The van der Waals surface area contributed by atoms with Crippen LogP contribution in [0, 0.1) is 18.3 Å². The molecule has 0 N–H and O–H groups in total. The molecule has 1 heterocycles. The zero-order valence-corrected chi connectivity index (χ0v) is 8.47. The van der Waals surface area contributed by atoms with Crippen LogP contribution in [-0.4, -0.2) is 10.7 Å². The Balaban J connectivity index is 2.36. The van der Waals surface area contributed by atoms with Crippen molar-refractivity contribution in [3.8, 4) is 6.07 Å². The predicted octanol–water partition coefficient (Wildman–Crippen LogP) is 2.75. The lowest BCUT2D eigenvalue weighted by Crippen LogP contribution is -1.74. The molecule has 0 aliphatic heterocycles. The van der Waals surface area contributed by atoms with E-state index in [1.807, 2.05) is 25.1 Å².